The van der Waals surface area contributed by atoms with E-state index in [4.69, 9.17) is 26.0 Å². The first-order chi connectivity index (χ1) is 15.0. The minimum atomic E-state index is -1.41. The standard InChI is InChI=1S/C8H7NO.C8H8O3.C7H6O.CH2N.CH4.H2N/c9-6-8(10)7-4-2-1-3-5-7;9-7(8(10)11)6-4-2-1-3-5-6;8-6-7-4-2-1-3-5-7;1-2;;/h1-5,8,10H;1-5,7,9H,(H,10,11);1-6H;1-2H;1H4;1H2/q;;;+1;;-1. The van der Waals surface area contributed by atoms with E-state index in [1.54, 1.807) is 72.8 Å². The molecule has 6 N–H and O–H groups in total. The fourth-order valence-corrected chi connectivity index (χ4v) is 2.02. The number of nitriles is 1. The minimum Gasteiger partial charge on any atom is -0.693 e. The SMILES string of the molecule is C.N#CC(O)c1ccccc1.O=C(O)C(O)c1ccccc1.O=Cc1ccccc1.[CH+]=N.[NH2-]. The molecule has 0 heterocycles. The predicted molar refractivity (Wildman–Crippen MR) is 129 cm³/mol. The van der Waals surface area contributed by atoms with Gasteiger partial charge in [0.25, 0.3) is 0 Å². The molecule has 0 aliphatic heterocycles. The number of carbonyl (C=O) groups is 2. The number of benzene rings is 3. The van der Waals surface area contributed by atoms with Gasteiger partial charge in [0.1, 0.15) is 6.29 Å². The van der Waals surface area contributed by atoms with Crippen LogP contribution < -0.4 is 0 Å². The lowest BCUT2D eigenvalue weighted by molar-refractivity contribution is -0.146. The molecule has 3 rings (SSSR count). The third kappa shape index (κ3) is 14.4. The Morgan fingerprint density at radius 2 is 1.21 bits per heavy atom. The first-order valence-corrected chi connectivity index (χ1v) is 8.87. The molecule has 8 heteroatoms. The highest BCUT2D eigenvalue weighted by Gasteiger charge is 2.14. The minimum absolute atomic E-state index is 0. The Labute approximate surface area is 194 Å². The van der Waals surface area contributed by atoms with Crippen molar-refractivity contribution >= 4 is 19.0 Å². The van der Waals surface area contributed by atoms with Gasteiger partial charge < -0.3 is 21.5 Å². The summed E-state index contributed by atoms with van der Waals surface area (Å²) in [5, 5.41) is 39.9. The van der Waals surface area contributed by atoms with E-state index in [9.17, 15) is 9.59 Å². The highest BCUT2D eigenvalue weighted by molar-refractivity contribution is 5.74. The smallest absolute Gasteiger partial charge is 0.338 e. The molecule has 0 saturated heterocycles. The maximum atomic E-state index is 10.2. The molecular weight excluding hydrogens is 422 g/mol. The van der Waals surface area contributed by atoms with Gasteiger partial charge in [-0.2, -0.15) is 5.26 Å². The van der Waals surface area contributed by atoms with Crippen LogP contribution in [0.2, 0.25) is 0 Å². The number of hydrogen-bond acceptors (Lipinski definition) is 6. The summed E-state index contributed by atoms with van der Waals surface area (Å²) in [6.45, 7) is 3.75. The summed E-state index contributed by atoms with van der Waals surface area (Å²) in [4.78, 5) is 20.3. The van der Waals surface area contributed by atoms with Crippen molar-refractivity contribution in [1.82, 2.24) is 0 Å². The molecule has 0 saturated carbocycles. The van der Waals surface area contributed by atoms with Gasteiger partial charge in [0, 0.05) is 5.56 Å². The molecule has 0 aliphatic carbocycles. The number of rotatable bonds is 4. The van der Waals surface area contributed by atoms with Crippen molar-refractivity contribution in [2.24, 2.45) is 0 Å². The average molecular weight is 452 g/mol. The molecule has 0 bridgehead atoms. The summed E-state index contributed by atoms with van der Waals surface area (Å²) in [6, 6.07) is 27.9. The van der Waals surface area contributed by atoms with Gasteiger partial charge in [0.2, 0.25) is 0 Å². The molecule has 0 spiro atoms. The highest BCUT2D eigenvalue weighted by atomic mass is 16.4. The van der Waals surface area contributed by atoms with Gasteiger partial charge in [-0.1, -0.05) is 104 Å². The van der Waals surface area contributed by atoms with E-state index in [-0.39, 0.29) is 13.6 Å². The Bertz CT molecular complexity index is 917. The summed E-state index contributed by atoms with van der Waals surface area (Å²) < 4.78 is 0. The second kappa shape index (κ2) is 21.0. The number of aliphatic hydroxyl groups is 2. The molecule has 3 aromatic rings. The quantitative estimate of drug-likeness (QED) is 0.187. The van der Waals surface area contributed by atoms with E-state index < -0.39 is 18.2 Å². The highest BCUT2D eigenvalue weighted by Crippen LogP contribution is 2.11. The van der Waals surface area contributed by atoms with E-state index in [0.29, 0.717) is 11.1 Å². The Morgan fingerprint density at radius 1 is 0.848 bits per heavy atom. The van der Waals surface area contributed by atoms with E-state index in [2.05, 4.69) is 6.72 Å². The zero-order valence-corrected chi connectivity index (χ0v) is 17.2. The summed E-state index contributed by atoms with van der Waals surface area (Å²) in [6.07, 6.45) is -1.56. The van der Waals surface area contributed by atoms with Crippen LogP contribution >= 0.6 is 0 Å². The third-order valence-electron chi connectivity index (χ3n) is 3.52. The fourth-order valence-electron chi connectivity index (χ4n) is 2.02. The number of carboxylic acid groups (broad SMARTS) is 1. The van der Waals surface area contributed by atoms with Gasteiger partial charge in [-0.05, 0) is 11.1 Å². The Morgan fingerprint density at radius 3 is 1.52 bits per heavy atom. The Hall–Kier alpha value is -4.25. The number of aliphatic carboxylic acids is 1. The van der Waals surface area contributed by atoms with Crippen molar-refractivity contribution in [3.8, 4) is 6.07 Å². The number of aldehydes is 1. The lowest BCUT2D eigenvalue weighted by Gasteiger charge is -2.03. The number of carbonyl (C=O) groups excluding carboxylic acids is 1. The zero-order valence-electron chi connectivity index (χ0n) is 17.2. The second-order valence-electron chi connectivity index (χ2n) is 5.62. The van der Waals surface area contributed by atoms with Crippen molar-refractivity contribution in [3.63, 3.8) is 0 Å². The van der Waals surface area contributed by atoms with Crippen molar-refractivity contribution in [2.45, 2.75) is 19.6 Å². The molecule has 0 radical (unpaired) electrons. The number of nitrogens with zero attached hydrogens (tertiary/aromatic N) is 1. The third-order valence-corrected chi connectivity index (χ3v) is 3.52. The fraction of sp³-hybridized carbons (Fsp3) is 0.120. The van der Waals surface area contributed by atoms with Gasteiger partial charge in [-0.25, -0.2) is 4.79 Å². The van der Waals surface area contributed by atoms with Gasteiger partial charge in [-0.15, -0.1) is 0 Å². The van der Waals surface area contributed by atoms with Crippen LogP contribution in [0.3, 0.4) is 0 Å². The van der Waals surface area contributed by atoms with Gasteiger partial charge >= 0.3 is 12.7 Å². The lowest BCUT2D eigenvalue weighted by atomic mass is 10.1. The van der Waals surface area contributed by atoms with Crippen molar-refractivity contribution in [1.29, 1.82) is 10.7 Å². The zero-order chi connectivity index (χ0) is 23.5. The van der Waals surface area contributed by atoms with Crippen LogP contribution in [0.5, 0.6) is 0 Å². The number of carboxylic acids is 1. The van der Waals surface area contributed by atoms with E-state index in [0.717, 1.165) is 11.8 Å². The van der Waals surface area contributed by atoms with Crippen molar-refractivity contribution in [3.05, 3.63) is 114 Å². The van der Waals surface area contributed by atoms with Crippen LogP contribution in [-0.2, 0) is 4.79 Å². The first-order valence-electron chi connectivity index (χ1n) is 8.87. The Kier molecular flexibility index (Phi) is 21.2. The van der Waals surface area contributed by atoms with E-state index >= 15 is 0 Å². The van der Waals surface area contributed by atoms with Crippen LogP contribution in [0, 0.1) is 16.7 Å². The summed E-state index contributed by atoms with van der Waals surface area (Å²) in [5.41, 5.74) is 1.78. The number of hydrogen-bond donors (Lipinski definition) is 4. The topological polar surface area (TPSA) is 176 Å². The molecule has 0 amide bonds. The van der Waals surface area contributed by atoms with Crippen molar-refractivity contribution in [2.75, 3.05) is 0 Å². The number of nitrogens with two attached hydrogens (primary N) is 1. The molecular formula is C25H29N3O5. The molecule has 174 valence electrons. The molecule has 0 aliphatic rings. The average Bonchev–Trinajstić information content (AvgIpc) is 2.86. The maximum Gasteiger partial charge on any atom is 0.338 e. The van der Waals surface area contributed by atoms with Gasteiger partial charge in [0.05, 0.1) is 6.07 Å². The van der Waals surface area contributed by atoms with Crippen LogP contribution in [0.4, 0.5) is 0 Å². The van der Waals surface area contributed by atoms with Crippen LogP contribution in [0.15, 0.2) is 91.0 Å². The normalized spacial score (nSPS) is 9.94. The molecule has 8 nitrogen and oxygen atoms in total. The molecule has 0 fully saturated rings. The monoisotopic (exact) mass is 451 g/mol. The molecule has 0 aromatic heterocycles. The van der Waals surface area contributed by atoms with Crippen LogP contribution in [0.1, 0.15) is 41.1 Å². The first kappa shape index (κ1) is 33.4. The predicted octanol–water partition coefficient (Wildman–Crippen LogP) is 5.04. The summed E-state index contributed by atoms with van der Waals surface area (Å²) >= 11 is 0. The molecule has 3 aromatic carbocycles. The van der Waals surface area contributed by atoms with Crippen LogP contribution in [-0.4, -0.2) is 34.3 Å². The summed E-state index contributed by atoms with van der Waals surface area (Å²) in [5.74, 6) is -1.23. The molecule has 2 unspecified atom stereocenters. The van der Waals surface area contributed by atoms with Gasteiger partial charge in [0.15, 0.2) is 12.2 Å². The second-order valence-corrected chi connectivity index (χ2v) is 5.62. The van der Waals surface area contributed by atoms with E-state index in [1.165, 1.54) is 0 Å². The van der Waals surface area contributed by atoms with Gasteiger partial charge in [-0.3, -0.25) is 4.79 Å². The Balaban J connectivity index is -0.000000386. The molecule has 2 atom stereocenters. The van der Waals surface area contributed by atoms with Crippen LogP contribution in [0.25, 0.3) is 6.15 Å². The van der Waals surface area contributed by atoms with Crippen molar-refractivity contribution < 1.29 is 24.9 Å². The number of nitrogens with one attached hydrogen (secondary N) is 1. The largest absolute Gasteiger partial charge is 0.693 e. The lowest BCUT2D eigenvalue weighted by Crippen LogP contribution is -2.09. The van der Waals surface area contributed by atoms with E-state index in [1.807, 2.05) is 24.3 Å². The maximum absolute atomic E-state index is 10.2. The molecule has 33 heavy (non-hydrogen) atoms. The summed E-state index contributed by atoms with van der Waals surface area (Å²) in [7, 11) is 0. The number of aliphatic hydroxyl groups excluding tert-OH is 2.